The minimum absolute atomic E-state index is 0.174. The van der Waals surface area contributed by atoms with Crippen molar-refractivity contribution in [3.8, 4) is 0 Å². The lowest BCUT2D eigenvalue weighted by molar-refractivity contribution is -0.144. The number of anilines is 2. The minimum atomic E-state index is -0.208. The van der Waals surface area contributed by atoms with E-state index in [0.29, 0.717) is 6.54 Å². The van der Waals surface area contributed by atoms with Gasteiger partial charge in [0.2, 0.25) is 0 Å². The van der Waals surface area contributed by atoms with Crippen LogP contribution in [0, 0.1) is 5.92 Å². The molecule has 1 rings (SSSR count). The van der Waals surface area contributed by atoms with E-state index in [1.165, 1.54) is 7.11 Å². The van der Waals surface area contributed by atoms with Crippen LogP contribution in [-0.4, -0.2) is 37.7 Å². The Balaban J connectivity index is 2.55. The summed E-state index contributed by atoms with van der Waals surface area (Å²) in [5.74, 6) is 0.587. The summed E-state index contributed by atoms with van der Waals surface area (Å²) < 4.78 is 4.68. The molecule has 5 heteroatoms. The van der Waals surface area contributed by atoms with Crippen molar-refractivity contribution < 1.29 is 9.53 Å². The Kier molecular flexibility index (Phi) is 6.12. The van der Waals surface area contributed by atoms with Gasteiger partial charge in [0.1, 0.15) is 5.82 Å². The van der Waals surface area contributed by atoms with Gasteiger partial charge >= 0.3 is 5.97 Å². The Hall–Kier alpha value is -1.78. The summed E-state index contributed by atoms with van der Waals surface area (Å²) in [5.41, 5.74) is 0.909. The molecule has 1 heterocycles. The zero-order valence-corrected chi connectivity index (χ0v) is 12.1. The van der Waals surface area contributed by atoms with E-state index < -0.39 is 0 Å². The molecule has 5 nitrogen and oxygen atoms in total. The molecule has 0 aromatic carbocycles. The third kappa shape index (κ3) is 4.43. The van der Waals surface area contributed by atoms with Gasteiger partial charge in [-0.1, -0.05) is 6.92 Å². The Morgan fingerprint density at radius 3 is 2.58 bits per heavy atom. The normalized spacial score (nSPS) is 11.8. The Bertz CT molecular complexity index is 388. The van der Waals surface area contributed by atoms with Gasteiger partial charge in [-0.3, -0.25) is 4.79 Å². The summed E-state index contributed by atoms with van der Waals surface area (Å²) in [6, 6.07) is 3.96. The number of methoxy groups -OCH3 is 1. The van der Waals surface area contributed by atoms with E-state index in [2.05, 4.69) is 33.8 Å². The zero-order chi connectivity index (χ0) is 14.3. The molecular formula is C14H23N3O2. The fourth-order valence-electron chi connectivity index (χ4n) is 1.78. The van der Waals surface area contributed by atoms with Gasteiger partial charge < -0.3 is 15.0 Å². The molecule has 0 amide bonds. The van der Waals surface area contributed by atoms with E-state index in [-0.39, 0.29) is 11.9 Å². The molecule has 0 bridgehead atoms. The van der Waals surface area contributed by atoms with Crippen molar-refractivity contribution in [2.75, 3.05) is 37.0 Å². The molecule has 0 aliphatic rings. The van der Waals surface area contributed by atoms with Crippen LogP contribution < -0.4 is 10.2 Å². The van der Waals surface area contributed by atoms with E-state index in [1.54, 1.807) is 6.20 Å². The predicted octanol–water partition coefficient (Wildman–Crippen LogP) is 2.15. The molecule has 0 aliphatic heterocycles. The van der Waals surface area contributed by atoms with Crippen LogP contribution in [0.15, 0.2) is 18.3 Å². The fraction of sp³-hybridized carbons (Fsp3) is 0.571. The number of nitrogens with zero attached hydrogens (tertiary/aromatic N) is 2. The average Bonchev–Trinajstić information content (AvgIpc) is 2.46. The molecule has 106 valence electrons. The summed E-state index contributed by atoms with van der Waals surface area (Å²) in [6.45, 7) is 8.46. The molecular weight excluding hydrogens is 242 g/mol. The molecule has 1 N–H and O–H groups in total. The molecule has 1 unspecified atom stereocenters. The third-order valence-electron chi connectivity index (χ3n) is 3.05. The van der Waals surface area contributed by atoms with Crippen LogP contribution in [0.25, 0.3) is 0 Å². The van der Waals surface area contributed by atoms with Crippen LogP contribution in [0.5, 0.6) is 0 Å². The number of carbonyl (C=O) groups excluding carboxylic acids is 1. The monoisotopic (exact) mass is 265 g/mol. The van der Waals surface area contributed by atoms with Crippen LogP contribution in [0.2, 0.25) is 0 Å². The molecule has 0 radical (unpaired) electrons. The maximum atomic E-state index is 11.3. The van der Waals surface area contributed by atoms with Crippen LogP contribution in [0.1, 0.15) is 20.8 Å². The standard InChI is InChI=1S/C14H23N3O2/c1-5-17(6-2)13-8-7-12(10-16-13)15-9-11(3)14(18)19-4/h7-8,10-11,15H,5-6,9H2,1-4H3. The first-order chi connectivity index (χ1) is 9.12. The van der Waals surface area contributed by atoms with Gasteiger partial charge in [0, 0.05) is 19.6 Å². The first kappa shape index (κ1) is 15.3. The summed E-state index contributed by atoms with van der Waals surface area (Å²) in [4.78, 5) is 17.9. The van der Waals surface area contributed by atoms with Gasteiger partial charge in [0.25, 0.3) is 0 Å². The van der Waals surface area contributed by atoms with E-state index in [9.17, 15) is 4.79 Å². The summed E-state index contributed by atoms with van der Waals surface area (Å²) in [6.07, 6.45) is 1.79. The van der Waals surface area contributed by atoms with Crippen molar-refractivity contribution >= 4 is 17.5 Å². The highest BCUT2D eigenvalue weighted by Gasteiger charge is 2.12. The van der Waals surface area contributed by atoms with Crippen LogP contribution >= 0.6 is 0 Å². The minimum Gasteiger partial charge on any atom is -0.469 e. The Labute approximate surface area is 115 Å². The molecule has 0 saturated heterocycles. The molecule has 0 aliphatic carbocycles. The summed E-state index contributed by atoms with van der Waals surface area (Å²) in [5, 5.41) is 3.18. The van der Waals surface area contributed by atoms with Crippen molar-refractivity contribution in [3.63, 3.8) is 0 Å². The highest BCUT2D eigenvalue weighted by molar-refractivity contribution is 5.72. The van der Waals surface area contributed by atoms with Crippen molar-refractivity contribution in [2.45, 2.75) is 20.8 Å². The third-order valence-corrected chi connectivity index (χ3v) is 3.05. The van der Waals surface area contributed by atoms with Crippen molar-refractivity contribution in [1.82, 2.24) is 4.98 Å². The van der Waals surface area contributed by atoms with E-state index >= 15 is 0 Å². The number of hydrogen-bond acceptors (Lipinski definition) is 5. The highest BCUT2D eigenvalue weighted by Crippen LogP contribution is 2.14. The van der Waals surface area contributed by atoms with Gasteiger partial charge in [-0.2, -0.15) is 0 Å². The number of esters is 1. The molecule has 1 atom stereocenters. The number of aromatic nitrogens is 1. The van der Waals surface area contributed by atoms with Crippen molar-refractivity contribution in [1.29, 1.82) is 0 Å². The second-order valence-corrected chi connectivity index (χ2v) is 4.38. The van der Waals surface area contributed by atoms with Gasteiger partial charge in [-0.25, -0.2) is 4.98 Å². The van der Waals surface area contributed by atoms with Crippen molar-refractivity contribution in [2.24, 2.45) is 5.92 Å². The number of nitrogens with one attached hydrogen (secondary N) is 1. The molecule has 1 aromatic rings. The lowest BCUT2D eigenvalue weighted by Gasteiger charge is -2.20. The SMILES string of the molecule is CCN(CC)c1ccc(NCC(C)C(=O)OC)cn1. The lowest BCUT2D eigenvalue weighted by Crippen LogP contribution is -2.23. The second kappa shape index (κ2) is 7.61. The largest absolute Gasteiger partial charge is 0.469 e. The van der Waals surface area contributed by atoms with Crippen molar-refractivity contribution in [3.05, 3.63) is 18.3 Å². The number of pyridine rings is 1. The predicted molar refractivity (Wildman–Crippen MR) is 77.5 cm³/mol. The number of rotatable bonds is 7. The first-order valence-electron chi connectivity index (χ1n) is 6.65. The van der Waals surface area contributed by atoms with Crippen LogP contribution in [0.3, 0.4) is 0 Å². The van der Waals surface area contributed by atoms with Gasteiger partial charge in [-0.05, 0) is 26.0 Å². The number of ether oxygens (including phenoxy) is 1. The molecule has 0 fully saturated rings. The van der Waals surface area contributed by atoms with E-state index in [1.807, 2.05) is 19.1 Å². The van der Waals surface area contributed by atoms with Gasteiger partial charge in [0.15, 0.2) is 0 Å². The summed E-state index contributed by atoms with van der Waals surface area (Å²) >= 11 is 0. The highest BCUT2D eigenvalue weighted by atomic mass is 16.5. The molecule has 19 heavy (non-hydrogen) atoms. The lowest BCUT2D eigenvalue weighted by atomic mass is 10.2. The smallest absolute Gasteiger partial charge is 0.310 e. The molecule has 0 spiro atoms. The molecule has 1 aromatic heterocycles. The maximum Gasteiger partial charge on any atom is 0.310 e. The number of carbonyl (C=O) groups is 1. The average molecular weight is 265 g/mol. The topological polar surface area (TPSA) is 54.5 Å². The zero-order valence-electron chi connectivity index (χ0n) is 12.1. The van der Waals surface area contributed by atoms with E-state index in [0.717, 1.165) is 24.6 Å². The molecule has 0 saturated carbocycles. The Morgan fingerprint density at radius 2 is 2.11 bits per heavy atom. The van der Waals surface area contributed by atoms with Gasteiger partial charge in [-0.15, -0.1) is 0 Å². The summed E-state index contributed by atoms with van der Waals surface area (Å²) in [7, 11) is 1.40. The van der Waals surface area contributed by atoms with E-state index in [4.69, 9.17) is 0 Å². The fourth-order valence-corrected chi connectivity index (χ4v) is 1.78. The quantitative estimate of drug-likeness (QED) is 0.766. The van der Waals surface area contributed by atoms with Gasteiger partial charge in [0.05, 0.1) is 24.9 Å². The Morgan fingerprint density at radius 1 is 1.42 bits per heavy atom. The second-order valence-electron chi connectivity index (χ2n) is 4.38. The number of hydrogen-bond donors (Lipinski definition) is 1. The van der Waals surface area contributed by atoms with Crippen LogP contribution in [0.4, 0.5) is 11.5 Å². The maximum absolute atomic E-state index is 11.3. The first-order valence-corrected chi connectivity index (χ1v) is 6.65. The van der Waals surface area contributed by atoms with Crippen LogP contribution in [-0.2, 0) is 9.53 Å².